The van der Waals surface area contributed by atoms with Crippen molar-refractivity contribution < 1.29 is 184 Å². The maximum Gasteiger partial charge on any atom is 1.00 e. The van der Waals surface area contributed by atoms with Crippen molar-refractivity contribution in [2.75, 3.05) is 0 Å². The first kappa shape index (κ1) is 36.4. The van der Waals surface area contributed by atoms with E-state index in [0.29, 0.717) is 0 Å². The van der Waals surface area contributed by atoms with E-state index in [1.165, 1.54) is 0 Å². The molecule has 0 rings (SSSR count). The molecule has 0 radical (unpaired) electrons. The number of nitrogens with zero attached hydrogens (tertiary/aromatic N) is 1. The molecule has 7 nitrogen and oxygen atoms in total. The number of carbonyl (C=O) groups excluding carboxylic acids is 3. The van der Waals surface area contributed by atoms with Crippen LogP contribution in [0.2, 0.25) is 0 Å². The largest absolute Gasteiger partial charge is 1.00 e. The number of hydrogen-bond donors (Lipinski definition) is 0. The summed E-state index contributed by atoms with van der Waals surface area (Å²) in [5.41, 5.74) is 0. The number of rotatable bonds is 0. The Kier molecular flexibility index (Phi) is 69.7. The zero-order chi connectivity index (χ0) is 11.4. The van der Waals surface area contributed by atoms with Gasteiger partial charge in [-0.05, 0) is 13.8 Å². The second-order valence-corrected chi connectivity index (χ2v) is 1.38. The molecule has 0 amide bonds. The SMILES string of the molecule is CC(=O)[O-].CC(=O)[O-].N#CC(=O)[O-].[K+].[K+].[K+]. The van der Waals surface area contributed by atoms with Crippen LogP contribution in [0, 0.1) is 11.3 Å². The third-order valence-corrected chi connectivity index (χ3v) is 0.0913. The molecule has 0 bridgehead atoms. The van der Waals surface area contributed by atoms with E-state index in [0.717, 1.165) is 19.9 Å². The summed E-state index contributed by atoms with van der Waals surface area (Å²) in [6.45, 7) is 1.94. The minimum Gasteiger partial charge on any atom is -0.550 e. The number of carbonyl (C=O) groups is 3. The molecule has 0 aliphatic rings. The predicted molar refractivity (Wildman–Crippen MR) is 32.0 cm³/mol. The van der Waals surface area contributed by atoms with Crippen molar-refractivity contribution in [1.29, 1.82) is 5.26 Å². The first-order chi connectivity index (χ1) is 5.73. The molecule has 74 valence electrons. The zero-order valence-corrected chi connectivity index (χ0v) is 19.3. The summed E-state index contributed by atoms with van der Waals surface area (Å²) in [4.78, 5) is 26.7. The Hall–Kier alpha value is 2.81. The molecule has 0 aromatic carbocycles. The van der Waals surface area contributed by atoms with Crippen molar-refractivity contribution in [3.8, 4) is 6.07 Å². The molecule has 10 heteroatoms. The van der Waals surface area contributed by atoms with Crippen molar-refractivity contribution in [1.82, 2.24) is 0 Å². The van der Waals surface area contributed by atoms with Gasteiger partial charge in [0, 0.05) is 11.9 Å². The van der Waals surface area contributed by atoms with Crippen LogP contribution in [0.5, 0.6) is 0 Å². The van der Waals surface area contributed by atoms with Crippen LogP contribution < -0.4 is 169 Å². The van der Waals surface area contributed by atoms with Gasteiger partial charge in [0.25, 0.3) is 0 Å². The summed E-state index contributed by atoms with van der Waals surface area (Å²) in [6, 6.07) is 0.833. The van der Waals surface area contributed by atoms with Crippen molar-refractivity contribution in [2.45, 2.75) is 13.8 Å². The van der Waals surface area contributed by atoms with Gasteiger partial charge in [0.1, 0.15) is 12.0 Å². The van der Waals surface area contributed by atoms with Crippen molar-refractivity contribution in [3.05, 3.63) is 0 Å². The Labute approximate surface area is 221 Å². The summed E-state index contributed by atoms with van der Waals surface area (Å²) < 4.78 is 0. The first-order valence-electron chi connectivity index (χ1n) is 2.70. The molecule has 0 fully saturated rings. The third-order valence-electron chi connectivity index (χ3n) is 0.0913. The van der Waals surface area contributed by atoms with E-state index in [-0.39, 0.29) is 154 Å². The number of aliphatic carboxylic acids is 3. The Morgan fingerprint density at radius 3 is 0.938 bits per heavy atom. The van der Waals surface area contributed by atoms with Gasteiger partial charge in [-0.15, -0.1) is 0 Å². The van der Waals surface area contributed by atoms with Crippen molar-refractivity contribution in [3.63, 3.8) is 0 Å². The molecule has 0 spiro atoms. The second kappa shape index (κ2) is 30.7. The van der Waals surface area contributed by atoms with Gasteiger partial charge in [-0.25, -0.2) is 0 Å². The number of carboxylic acids is 3. The number of carboxylic acid groups (broad SMARTS) is 3. The van der Waals surface area contributed by atoms with E-state index in [9.17, 15) is 0 Å². The molecular weight excluding hydrogens is 299 g/mol. The summed E-state index contributed by atoms with van der Waals surface area (Å²) in [5, 5.41) is 33.9. The Morgan fingerprint density at radius 1 is 0.875 bits per heavy atom. The van der Waals surface area contributed by atoms with Crippen LogP contribution in [0.4, 0.5) is 0 Å². The van der Waals surface area contributed by atoms with E-state index in [4.69, 9.17) is 35.0 Å². The van der Waals surface area contributed by atoms with Crippen LogP contribution in [-0.2, 0) is 14.4 Å². The molecule has 0 N–H and O–H groups in total. The fraction of sp³-hybridized carbons (Fsp3) is 0.333. The normalized spacial score (nSPS) is 4.81. The predicted octanol–water partition coefficient (Wildman–Crippen LogP) is -13.2. The topological polar surface area (TPSA) is 144 Å². The van der Waals surface area contributed by atoms with Gasteiger partial charge in [-0.1, -0.05) is 0 Å². The molecule has 0 atom stereocenters. The van der Waals surface area contributed by atoms with Crippen molar-refractivity contribution >= 4 is 17.9 Å². The van der Waals surface area contributed by atoms with Gasteiger partial charge < -0.3 is 29.7 Å². The maximum absolute atomic E-state index is 8.90. The van der Waals surface area contributed by atoms with Crippen LogP contribution in [0.15, 0.2) is 0 Å². The Morgan fingerprint density at radius 2 is 0.938 bits per heavy atom. The van der Waals surface area contributed by atoms with Gasteiger partial charge in [0.15, 0.2) is 0 Å². The second-order valence-electron chi connectivity index (χ2n) is 1.38. The van der Waals surface area contributed by atoms with Crippen LogP contribution in [-0.4, -0.2) is 17.9 Å². The molecule has 0 aromatic heterocycles. The fourth-order valence-electron chi connectivity index (χ4n) is 0. The van der Waals surface area contributed by atoms with E-state index in [1.54, 1.807) is 0 Å². The molecule has 0 saturated carbocycles. The first-order valence-corrected chi connectivity index (χ1v) is 2.70. The monoisotopic (exact) mass is 305 g/mol. The smallest absolute Gasteiger partial charge is 0.550 e. The van der Waals surface area contributed by atoms with Crippen LogP contribution in [0.3, 0.4) is 0 Å². The van der Waals surface area contributed by atoms with Crippen LogP contribution in [0.1, 0.15) is 13.8 Å². The standard InChI is InChI=1S/C2HNO2.2C2H4O2.3K/c3-1-2(4)5;2*1-2(3)4;;;/h(H,4,5);2*1H3,(H,3,4);;;/q;;;3*+1/p-3. The average Bonchev–Trinajstić information content (AvgIpc) is 1.84. The summed E-state index contributed by atoms with van der Waals surface area (Å²) in [5.74, 6) is -3.86. The summed E-state index contributed by atoms with van der Waals surface area (Å²) >= 11 is 0. The maximum atomic E-state index is 8.90. The van der Waals surface area contributed by atoms with Crippen molar-refractivity contribution in [2.24, 2.45) is 0 Å². The van der Waals surface area contributed by atoms with Gasteiger partial charge in [-0.3, -0.25) is 0 Å². The van der Waals surface area contributed by atoms with Crippen LogP contribution >= 0.6 is 0 Å². The van der Waals surface area contributed by atoms with Crippen LogP contribution in [0.25, 0.3) is 0 Å². The molecule has 0 saturated heterocycles. The zero-order valence-electron chi connectivity index (χ0n) is 9.90. The molecule has 0 aromatic rings. The molecular formula is C6H6K3NO6. The number of nitriles is 1. The average molecular weight is 305 g/mol. The minimum absolute atomic E-state index is 0. The van der Waals surface area contributed by atoms with Gasteiger partial charge in [0.2, 0.25) is 0 Å². The number of hydrogen-bond acceptors (Lipinski definition) is 7. The van der Waals surface area contributed by atoms with E-state index in [2.05, 4.69) is 0 Å². The Bertz CT molecular complexity index is 207. The summed E-state index contributed by atoms with van der Waals surface area (Å²) in [6.07, 6.45) is 0. The molecule has 0 aliphatic carbocycles. The molecule has 0 heterocycles. The van der Waals surface area contributed by atoms with Gasteiger partial charge in [-0.2, -0.15) is 5.26 Å². The Balaban J connectivity index is -0.0000000216. The summed E-state index contributed by atoms with van der Waals surface area (Å²) in [7, 11) is 0. The van der Waals surface area contributed by atoms with Gasteiger partial charge >= 0.3 is 154 Å². The molecule has 0 unspecified atom stereocenters. The van der Waals surface area contributed by atoms with Gasteiger partial charge in [0.05, 0.1) is 0 Å². The van der Waals surface area contributed by atoms with E-state index >= 15 is 0 Å². The van der Waals surface area contributed by atoms with E-state index < -0.39 is 17.9 Å². The quantitative estimate of drug-likeness (QED) is 0.319. The molecule has 16 heavy (non-hydrogen) atoms. The fourth-order valence-corrected chi connectivity index (χ4v) is 0. The minimum atomic E-state index is -1.69. The third kappa shape index (κ3) is 182. The molecule has 0 aliphatic heterocycles. The van der Waals surface area contributed by atoms with E-state index in [1.807, 2.05) is 0 Å².